The number of benzene rings is 1. The lowest BCUT2D eigenvalue weighted by molar-refractivity contribution is -0.120. The highest BCUT2D eigenvalue weighted by atomic mass is 16.2. The second-order valence-electron chi connectivity index (χ2n) is 4.05. The maximum atomic E-state index is 11.8. The maximum absolute atomic E-state index is 11.8. The highest BCUT2D eigenvalue weighted by molar-refractivity contribution is 5.98. The van der Waals surface area contributed by atoms with Crippen LogP contribution in [-0.2, 0) is 4.79 Å². The predicted octanol–water partition coefficient (Wildman–Crippen LogP) is 0.833. The van der Waals surface area contributed by atoms with Crippen molar-refractivity contribution in [3.05, 3.63) is 29.3 Å². The van der Waals surface area contributed by atoms with E-state index in [1.165, 1.54) is 0 Å². The Bertz CT molecular complexity index is 444. The van der Waals surface area contributed by atoms with E-state index in [1.54, 1.807) is 25.1 Å². The van der Waals surface area contributed by atoms with Gasteiger partial charge in [-0.2, -0.15) is 0 Å². The van der Waals surface area contributed by atoms with E-state index in [2.05, 4.69) is 10.6 Å². The number of carbonyl (C=O) groups is 2. The van der Waals surface area contributed by atoms with E-state index in [9.17, 15) is 9.59 Å². The second-order valence-corrected chi connectivity index (χ2v) is 4.05. The molecule has 0 aliphatic heterocycles. The van der Waals surface area contributed by atoms with Crippen molar-refractivity contribution in [3.8, 4) is 0 Å². The van der Waals surface area contributed by atoms with Crippen LogP contribution in [0.5, 0.6) is 0 Å². The molecule has 0 saturated carbocycles. The van der Waals surface area contributed by atoms with Crippen molar-refractivity contribution >= 4 is 17.5 Å². The van der Waals surface area contributed by atoms with E-state index in [0.29, 0.717) is 17.8 Å². The minimum Gasteiger partial charge on any atom is -0.398 e. The fraction of sp³-hybridized carbons (Fsp3) is 0.385. The van der Waals surface area contributed by atoms with Crippen molar-refractivity contribution in [1.82, 2.24) is 10.6 Å². The summed E-state index contributed by atoms with van der Waals surface area (Å²) in [5.74, 6) is -0.474. The van der Waals surface area contributed by atoms with Crippen LogP contribution in [0.1, 0.15) is 29.3 Å². The van der Waals surface area contributed by atoms with Crippen molar-refractivity contribution in [1.29, 1.82) is 0 Å². The van der Waals surface area contributed by atoms with Crippen LogP contribution in [-0.4, -0.2) is 24.9 Å². The molecule has 2 amide bonds. The summed E-state index contributed by atoms with van der Waals surface area (Å²) >= 11 is 0. The van der Waals surface area contributed by atoms with Gasteiger partial charge in [0.25, 0.3) is 5.91 Å². The molecule has 4 N–H and O–H groups in total. The van der Waals surface area contributed by atoms with Gasteiger partial charge in [-0.3, -0.25) is 9.59 Å². The lowest BCUT2D eigenvalue weighted by atomic mass is 10.1. The summed E-state index contributed by atoms with van der Waals surface area (Å²) in [5, 5.41) is 5.26. The number of nitrogens with one attached hydrogen (secondary N) is 2. The summed E-state index contributed by atoms with van der Waals surface area (Å²) in [6.07, 6.45) is 0.869. The van der Waals surface area contributed by atoms with Crippen molar-refractivity contribution in [2.75, 3.05) is 18.8 Å². The van der Waals surface area contributed by atoms with E-state index >= 15 is 0 Å². The van der Waals surface area contributed by atoms with Gasteiger partial charge in [0.1, 0.15) is 0 Å². The monoisotopic (exact) mass is 249 g/mol. The number of anilines is 1. The molecule has 0 saturated heterocycles. The average Bonchev–Trinajstić information content (AvgIpc) is 2.36. The maximum Gasteiger partial charge on any atom is 0.252 e. The molecule has 0 radical (unpaired) electrons. The van der Waals surface area contributed by atoms with Gasteiger partial charge in [0.05, 0.1) is 6.54 Å². The lowest BCUT2D eigenvalue weighted by Gasteiger charge is -2.09. The third kappa shape index (κ3) is 3.76. The summed E-state index contributed by atoms with van der Waals surface area (Å²) in [5.41, 5.74) is 7.51. The Balaban J connectivity index is 2.55. The molecule has 5 heteroatoms. The molecule has 0 aliphatic rings. The molecule has 1 rings (SSSR count). The molecule has 0 bridgehead atoms. The summed E-state index contributed by atoms with van der Waals surface area (Å²) in [7, 11) is 0. The topological polar surface area (TPSA) is 84.2 Å². The Morgan fingerprint density at radius 1 is 1.28 bits per heavy atom. The molecule has 0 heterocycles. The molecular formula is C13H19N3O2. The number of hydrogen-bond donors (Lipinski definition) is 3. The summed E-state index contributed by atoms with van der Waals surface area (Å²) in [4.78, 5) is 23.2. The van der Waals surface area contributed by atoms with Crippen LogP contribution in [0.2, 0.25) is 0 Å². The quantitative estimate of drug-likeness (QED) is 0.676. The standard InChI is InChI=1S/C13H19N3O2/c1-3-7-15-12(17)8-16-13(18)10-5-4-6-11(14)9(10)2/h4-6H,3,7-8,14H2,1-2H3,(H,15,17)(H,16,18). The van der Waals surface area contributed by atoms with Crippen molar-refractivity contribution < 1.29 is 9.59 Å². The fourth-order valence-corrected chi connectivity index (χ4v) is 1.48. The first-order valence-corrected chi connectivity index (χ1v) is 5.96. The van der Waals surface area contributed by atoms with Gasteiger partial charge in [0, 0.05) is 17.8 Å². The SMILES string of the molecule is CCCNC(=O)CNC(=O)c1cccc(N)c1C. The van der Waals surface area contributed by atoms with Gasteiger partial charge in [-0.25, -0.2) is 0 Å². The third-order valence-electron chi connectivity index (χ3n) is 2.60. The minimum absolute atomic E-state index is 0.0208. The van der Waals surface area contributed by atoms with Crippen LogP contribution >= 0.6 is 0 Å². The van der Waals surface area contributed by atoms with E-state index in [1.807, 2.05) is 6.92 Å². The largest absolute Gasteiger partial charge is 0.398 e. The number of nitrogens with two attached hydrogens (primary N) is 1. The summed E-state index contributed by atoms with van der Waals surface area (Å²) in [6, 6.07) is 5.14. The van der Waals surface area contributed by atoms with Gasteiger partial charge in [0.2, 0.25) is 5.91 Å². The number of nitrogen functional groups attached to an aromatic ring is 1. The summed E-state index contributed by atoms with van der Waals surface area (Å²) in [6.45, 7) is 4.34. The van der Waals surface area contributed by atoms with E-state index in [4.69, 9.17) is 5.73 Å². The normalized spacial score (nSPS) is 9.89. The zero-order valence-corrected chi connectivity index (χ0v) is 10.7. The Hall–Kier alpha value is -2.04. The van der Waals surface area contributed by atoms with Gasteiger partial charge < -0.3 is 16.4 Å². The molecular weight excluding hydrogens is 230 g/mol. The fourth-order valence-electron chi connectivity index (χ4n) is 1.48. The van der Waals surface area contributed by atoms with Crippen molar-refractivity contribution in [3.63, 3.8) is 0 Å². The van der Waals surface area contributed by atoms with Crippen molar-refractivity contribution in [2.24, 2.45) is 0 Å². The van der Waals surface area contributed by atoms with Gasteiger partial charge in [-0.05, 0) is 31.0 Å². The van der Waals surface area contributed by atoms with Gasteiger partial charge in [-0.15, -0.1) is 0 Å². The van der Waals surface area contributed by atoms with Crippen LogP contribution in [0.4, 0.5) is 5.69 Å². The zero-order valence-electron chi connectivity index (χ0n) is 10.7. The van der Waals surface area contributed by atoms with Crippen LogP contribution in [0.3, 0.4) is 0 Å². The lowest BCUT2D eigenvalue weighted by Crippen LogP contribution is -2.37. The van der Waals surface area contributed by atoms with Crippen LogP contribution in [0.25, 0.3) is 0 Å². The molecule has 0 fully saturated rings. The highest BCUT2D eigenvalue weighted by Crippen LogP contribution is 2.14. The van der Waals surface area contributed by atoms with E-state index in [-0.39, 0.29) is 18.4 Å². The molecule has 0 spiro atoms. The smallest absolute Gasteiger partial charge is 0.252 e. The molecule has 5 nitrogen and oxygen atoms in total. The highest BCUT2D eigenvalue weighted by Gasteiger charge is 2.11. The Morgan fingerprint density at radius 3 is 2.67 bits per heavy atom. The molecule has 1 aromatic rings. The molecule has 0 aromatic heterocycles. The van der Waals surface area contributed by atoms with Gasteiger partial charge in [0.15, 0.2) is 0 Å². The zero-order chi connectivity index (χ0) is 13.5. The minimum atomic E-state index is -0.286. The first-order chi connectivity index (χ1) is 8.56. The molecule has 18 heavy (non-hydrogen) atoms. The Kier molecular flexibility index (Phi) is 5.17. The number of hydrogen-bond acceptors (Lipinski definition) is 3. The third-order valence-corrected chi connectivity index (χ3v) is 2.60. The molecule has 0 unspecified atom stereocenters. The average molecular weight is 249 g/mol. The Labute approximate surface area is 107 Å². The first-order valence-electron chi connectivity index (χ1n) is 5.96. The number of amides is 2. The predicted molar refractivity (Wildman–Crippen MR) is 71.2 cm³/mol. The number of rotatable bonds is 5. The molecule has 0 aliphatic carbocycles. The molecule has 0 atom stereocenters. The van der Waals surface area contributed by atoms with Crippen molar-refractivity contribution in [2.45, 2.75) is 20.3 Å². The van der Waals surface area contributed by atoms with Gasteiger partial charge >= 0.3 is 0 Å². The van der Waals surface area contributed by atoms with Crippen LogP contribution < -0.4 is 16.4 Å². The molecule has 98 valence electrons. The number of carbonyl (C=O) groups excluding carboxylic acids is 2. The Morgan fingerprint density at radius 2 is 2.00 bits per heavy atom. The van der Waals surface area contributed by atoms with E-state index < -0.39 is 0 Å². The molecule has 1 aromatic carbocycles. The second kappa shape index (κ2) is 6.64. The van der Waals surface area contributed by atoms with Gasteiger partial charge in [-0.1, -0.05) is 13.0 Å². The summed E-state index contributed by atoms with van der Waals surface area (Å²) < 4.78 is 0. The first kappa shape index (κ1) is 14.0. The van der Waals surface area contributed by atoms with Crippen LogP contribution in [0.15, 0.2) is 18.2 Å². The van der Waals surface area contributed by atoms with Crippen LogP contribution in [0, 0.1) is 6.92 Å². The van der Waals surface area contributed by atoms with E-state index in [0.717, 1.165) is 12.0 Å².